The van der Waals surface area contributed by atoms with E-state index in [1.54, 1.807) is 0 Å². The molecule has 33 heavy (non-hydrogen) atoms. The number of hydrogen-bond acceptors (Lipinski definition) is 2. The summed E-state index contributed by atoms with van der Waals surface area (Å²) >= 11 is 0.00694. The van der Waals surface area contributed by atoms with Gasteiger partial charge in [-0.15, -0.1) is 6.04 Å². The minimum atomic E-state index is -0.164. The third kappa shape index (κ3) is 11.8. The Hall–Kier alpha value is 0.369. The van der Waals surface area contributed by atoms with Crippen LogP contribution < -0.4 is 0 Å². The molecule has 2 aliphatic carbocycles. The number of fused-ring (bicyclic) bond motifs is 2. The van der Waals surface area contributed by atoms with Gasteiger partial charge in [-0.2, -0.15) is 56.9 Å². The average Bonchev–Trinajstić information content (AvgIpc) is 2.82. The molecular weight excluding hydrogens is 504 g/mol. The second-order valence-electron chi connectivity index (χ2n) is 9.32. The molecule has 3 fully saturated rings. The summed E-state index contributed by atoms with van der Waals surface area (Å²) < 4.78 is 5.49. The van der Waals surface area contributed by atoms with Crippen LogP contribution in [-0.2, 0) is 22.7 Å². The summed E-state index contributed by atoms with van der Waals surface area (Å²) in [6.07, 6.45) is 9.48. The summed E-state index contributed by atoms with van der Waals surface area (Å²) in [6, 6.07) is 1.19. The number of carbonyl (C=O) groups is 1. The molecule has 10 heteroatoms. The zero-order chi connectivity index (χ0) is 23.9. The van der Waals surface area contributed by atoms with E-state index in [4.69, 9.17) is 51.5 Å². The molecule has 1 saturated heterocycles. The first-order valence-electron chi connectivity index (χ1n) is 12.4. The van der Waals surface area contributed by atoms with Gasteiger partial charge in [0.2, 0.25) is 0 Å². The quantitative estimate of drug-likeness (QED) is 0.269. The fourth-order valence-corrected chi connectivity index (χ4v) is 4.71. The Bertz CT molecular complexity index is 553. The largest absolute Gasteiger partial charge is 0 e. The van der Waals surface area contributed by atoms with Crippen LogP contribution in [0.25, 0.3) is 26.6 Å². The first kappa shape index (κ1) is 29.6. The topological polar surface area (TPSA) is 96.8 Å². The number of ether oxygens (including phenoxy) is 1. The van der Waals surface area contributed by atoms with E-state index in [9.17, 15) is 4.79 Å². The van der Waals surface area contributed by atoms with Gasteiger partial charge in [0.1, 0.15) is 0 Å². The van der Waals surface area contributed by atoms with Crippen molar-refractivity contribution in [1.29, 1.82) is 0 Å². The van der Waals surface area contributed by atoms with Crippen molar-refractivity contribution in [3.63, 3.8) is 0 Å². The summed E-state index contributed by atoms with van der Waals surface area (Å²) in [5, 5.41) is 24.7. The molecule has 3 rings (SSSR count). The van der Waals surface area contributed by atoms with Crippen LogP contribution in [0.15, 0.2) is 0 Å². The number of nitrogens with zero attached hydrogens (tertiary/aromatic N) is 5. The normalized spacial score (nSPS) is 32.2. The molecule has 0 spiro atoms. The van der Waals surface area contributed by atoms with E-state index < -0.39 is 0 Å². The van der Waals surface area contributed by atoms with Gasteiger partial charge < -0.3 is 31.3 Å². The van der Waals surface area contributed by atoms with E-state index in [0.29, 0.717) is 37.8 Å². The molecule has 203 valence electrons. The number of rotatable bonds is 3. The van der Waals surface area contributed by atoms with Gasteiger partial charge in [-0.25, -0.2) is 0 Å². The number of halogens is 2. The van der Waals surface area contributed by atoms with Crippen LogP contribution in [0, 0.1) is 5.92 Å². The number of carbonyl (C=O) groups excluding carboxylic acids is 1. The van der Waals surface area contributed by atoms with Crippen molar-refractivity contribution in [2.24, 2.45) is 5.92 Å². The van der Waals surface area contributed by atoms with Gasteiger partial charge in [-0.05, 0) is 0 Å². The standard InChI is InChI=1S/C23H40N5O2.2ClH.Mn.4H2/c1-17(2)23(29)30-16-18-15-28-22-10-6-5-9-21(22)27-14-13-26-20-8-4-3-7-19(20)25-12-11-24-18;;;;;;;/h17-22H,3-16H2,1-2H3;2*1H;;4*1H/q-5;;;+2;;;;/p-2/t18-,19?,20?,21+,22+;;;;;;;/m0......./s1. The van der Waals surface area contributed by atoms with E-state index in [-0.39, 0.29) is 42.8 Å². The van der Waals surface area contributed by atoms with Gasteiger partial charge in [-0.3, -0.25) is 4.79 Å². The van der Waals surface area contributed by atoms with Crippen molar-refractivity contribution < 1.29 is 28.4 Å². The molecule has 0 radical (unpaired) electrons. The van der Waals surface area contributed by atoms with Gasteiger partial charge in [0, 0.05) is 5.71 Å². The Kier molecular flexibility index (Phi) is 15.9. The fraction of sp³-hybridized carbons (Fsp3) is 0.957. The number of esters is 1. The van der Waals surface area contributed by atoms with E-state index >= 15 is 0 Å². The van der Waals surface area contributed by atoms with Gasteiger partial charge >= 0.3 is 39.3 Å². The van der Waals surface area contributed by atoms with E-state index in [0.717, 1.165) is 45.3 Å². The maximum Gasteiger partial charge on any atom is 0 e. The monoisotopic (exact) mass is 551 g/mol. The fourth-order valence-electron chi connectivity index (χ4n) is 4.71. The molecule has 2 saturated carbocycles. The number of hydrogen-bond donors (Lipinski definition) is 0. The third-order valence-electron chi connectivity index (χ3n) is 6.51. The summed E-state index contributed by atoms with van der Waals surface area (Å²) in [4.78, 5) is 11.9. The summed E-state index contributed by atoms with van der Waals surface area (Å²) in [5.74, 6) is -0.282. The molecule has 0 bridgehead atoms. The zero-order valence-electron chi connectivity index (χ0n) is 20.1. The Morgan fingerprint density at radius 1 is 0.818 bits per heavy atom. The average molecular weight is 553 g/mol. The molecule has 0 aromatic rings. The molecule has 3 aliphatic rings. The second-order valence-corrected chi connectivity index (χ2v) is 11.3. The Labute approximate surface area is 221 Å². The second kappa shape index (κ2) is 17.7. The maximum absolute atomic E-state index is 11.9. The summed E-state index contributed by atoms with van der Waals surface area (Å²) in [5.41, 5.74) is 0. The first-order chi connectivity index (χ1) is 16.0. The Morgan fingerprint density at radius 2 is 1.21 bits per heavy atom. The van der Waals surface area contributed by atoms with Crippen LogP contribution >= 0.6 is 20.2 Å². The SMILES string of the molecule is CC(C)C(=O)OC[C@@H]1C[N-][C@@H]2CCCC[C@H]2[N-]CC[N-]C2CCCCC2[N-]CC[N-]1.[Cl][Mn][Cl].[HH].[HH].[HH].[HH]. The molecule has 1 aliphatic heterocycles. The van der Waals surface area contributed by atoms with Crippen LogP contribution in [0.2, 0.25) is 0 Å². The molecule has 0 aromatic carbocycles. The molecule has 0 N–H and O–H groups in total. The minimum Gasteiger partial charge on any atom is 0 e. The van der Waals surface area contributed by atoms with Crippen LogP contribution in [0.5, 0.6) is 0 Å². The molecule has 5 atom stereocenters. The van der Waals surface area contributed by atoms with Gasteiger partial charge in [0.15, 0.2) is 0 Å². The van der Waals surface area contributed by atoms with E-state index in [1.165, 1.54) is 25.7 Å². The molecule has 1 heterocycles. The molecular formula is C23H48Cl2MnN5O2-5. The van der Waals surface area contributed by atoms with Crippen LogP contribution in [0.4, 0.5) is 0 Å². The predicted octanol–water partition coefficient (Wildman–Crippen LogP) is 7.42. The van der Waals surface area contributed by atoms with E-state index in [2.05, 4.69) is 0 Å². The van der Waals surface area contributed by atoms with Crippen LogP contribution in [-0.4, -0.2) is 75.5 Å². The van der Waals surface area contributed by atoms with Crippen molar-refractivity contribution in [2.45, 2.75) is 95.4 Å². The zero-order valence-corrected chi connectivity index (χ0v) is 22.7. The minimum absolute atomic E-state index is 0. The van der Waals surface area contributed by atoms with Crippen molar-refractivity contribution in [2.75, 3.05) is 39.3 Å². The molecule has 0 aromatic heterocycles. The van der Waals surface area contributed by atoms with Crippen molar-refractivity contribution in [1.82, 2.24) is 0 Å². The molecule has 2 unspecified atom stereocenters. The summed E-state index contributed by atoms with van der Waals surface area (Å²) in [7, 11) is 9.59. The predicted molar refractivity (Wildman–Crippen MR) is 143 cm³/mol. The van der Waals surface area contributed by atoms with Gasteiger partial charge in [-0.1, -0.05) is 65.2 Å². The van der Waals surface area contributed by atoms with Crippen LogP contribution in [0.1, 0.15) is 70.9 Å². The molecule has 0 amide bonds. The van der Waals surface area contributed by atoms with Crippen molar-refractivity contribution >= 4 is 26.2 Å². The van der Waals surface area contributed by atoms with Crippen LogP contribution in [0.3, 0.4) is 0 Å². The smallest absolute Gasteiger partial charge is 0 e. The van der Waals surface area contributed by atoms with E-state index in [1.807, 2.05) is 13.8 Å². The van der Waals surface area contributed by atoms with Gasteiger partial charge in [0.25, 0.3) is 0 Å². The first-order valence-corrected chi connectivity index (χ1v) is 15.7. The van der Waals surface area contributed by atoms with Crippen molar-refractivity contribution in [3.05, 3.63) is 26.6 Å². The van der Waals surface area contributed by atoms with Gasteiger partial charge in [0.05, 0.1) is 12.5 Å². The van der Waals surface area contributed by atoms with Crippen molar-refractivity contribution in [3.8, 4) is 0 Å². The Balaban J connectivity index is -0.00000157. The third-order valence-corrected chi connectivity index (χ3v) is 6.51. The molecule has 7 nitrogen and oxygen atoms in total. The Morgan fingerprint density at radius 3 is 1.64 bits per heavy atom. The maximum atomic E-state index is 11.9. The summed E-state index contributed by atoms with van der Waals surface area (Å²) in [6.45, 7) is 7.66.